The van der Waals surface area contributed by atoms with Gasteiger partial charge in [0.05, 0.1) is 16.8 Å². The number of benzene rings is 3. The number of alkyl halides is 3. The molecule has 1 aromatic heterocycles. The van der Waals surface area contributed by atoms with Crippen molar-refractivity contribution in [3.05, 3.63) is 94.9 Å². The first-order chi connectivity index (χ1) is 22.1. The number of hydrogen-bond donors (Lipinski definition) is 4. The van der Waals surface area contributed by atoms with E-state index < -0.39 is 33.9 Å². The van der Waals surface area contributed by atoms with Gasteiger partial charge in [-0.1, -0.05) is 18.2 Å². The lowest BCUT2D eigenvalue weighted by Gasteiger charge is -2.31. The quantitative estimate of drug-likeness (QED) is 0.188. The second-order valence-electron chi connectivity index (χ2n) is 10.8. The number of carbonyl (C=O) groups excluding carboxylic acids is 2. The Balaban J connectivity index is 0.000000644. The summed E-state index contributed by atoms with van der Waals surface area (Å²) in [4.78, 5) is 37.0. The van der Waals surface area contributed by atoms with E-state index in [4.69, 9.17) is 15.6 Å². The maximum atomic E-state index is 13.2. The molecule has 5 N–H and O–H groups in total. The van der Waals surface area contributed by atoms with Gasteiger partial charge in [-0.3, -0.25) is 9.59 Å². The van der Waals surface area contributed by atoms with Gasteiger partial charge in [-0.2, -0.15) is 13.2 Å². The molecule has 0 aliphatic carbocycles. The second kappa shape index (κ2) is 14.3. The molecule has 1 aliphatic heterocycles. The number of nitrogens with one attached hydrogen (secondary N) is 2. The number of H-pyrrole nitrogens is 1. The number of carbonyl (C=O) groups is 3. The van der Waals surface area contributed by atoms with Crippen LogP contribution in [0, 0.1) is 5.82 Å². The normalized spacial score (nSPS) is 14.3. The molecule has 0 bridgehead atoms. The van der Waals surface area contributed by atoms with Gasteiger partial charge in [0.2, 0.25) is 10.0 Å². The Bertz CT molecular complexity index is 1880. The highest BCUT2D eigenvalue weighted by Crippen LogP contribution is 2.37. The Morgan fingerprint density at radius 2 is 1.66 bits per heavy atom. The predicted molar refractivity (Wildman–Crippen MR) is 167 cm³/mol. The Morgan fingerprint density at radius 1 is 1.02 bits per heavy atom. The number of aromatic amines is 1. The number of nitrogens with zero attached hydrogens (tertiary/aromatic N) is 1. The largest absolute Gasteiger partial charge is 0.490 e. The van der Waals surface area contributed by atoms with Crippen LogP contribution in [0.2, 0.25) is 0 Å². The molecule has 4 aromatic rings. The molecule has 1 aliphatic rings. The van der Waals surface area contributed by atoms with E-state index >= 15 is 0 Å². The maximum Gasteiger partial charge on any atom is 0.490 e. The van der Waals surface area contributed by atoms with Crippen molar-refractivity contribution in [1.29, 1.82) is 0 Å². The molecule has 3 aromatic carbocycles. The number of aliphatic carboxylic acids is 1. The van der Waals surface area contributed by atoms with Crippen molar-refractivity contribution in [2.45, 2.75) is 38.4 Å². The van der Waals surface area contributed by atoms with Crippen LogP contribution in [0.25, 0.3) is 22.0 Å². The fraction of sp³-hybridized carbons (Fsp3) is 0.281. The molecule has 2 heterocycles. The van der Waals surface area contributed by atoms with Crippen LogP contribution in [-0.2, 0) is 21.4 Å². The standard InChI is InChI=1S/C30H31FN4O4S.C2HF3O2/c1-2-40(38,39)35-12-10-20(11-13-35)27-18-33-28-25(27)15-23(16-26(28)29(32)36)22-5-3-4-19(14-22)17-34-30(37)21-6-8-24(31)9-7-21;3-2(4,5)1(6)7/h3-9,14-16,18,20,33H,2,10-13,17H2,1H3,(H2,32,36)(H,34,37);(H,6,7). The van der Waals surface area contributed by atoms with Crippen molar-refractivity contribution in [3.63, 3.8) is 0 Å². The summed E-state index contributed by atoms with van der Waals surface area (Å²) in [6.07, 6.45) is -1.81. The summed E-state index contributed by atoms with van der Waals surface area (Å²) in [5.74, 6) is -3.79. The molecule has 1 saturated heterocycles. The number of hydrogen-bond acceptors (Lipinski definition) is 5. The lowest BCUT2D eigenvalue weighted by Crippen LogP contribution is -2.38. The average molecular weight is 677 g/mol. The number of carboxylic acid groups (broad SMARTS) is 1. The van der Waals surface area contributed by atoms with Gasteiger partial charge in [0, 0.05) is 36.8 Å². The molecular weight excluding hydrogens is 644 g/mol. The molecular formula is C32H32F4N4O6S. The Morgan fingerprint density at radius 3 is 2.23 bits per heavy atom. The minimum absolute atomic E-state index is 0.0884. The summed E-state index contributed by atoms with van der Waals surface area (Å²) in [5.41, 5.74) is 10.7. The molecule has 0 radical (unpaired) electrons. The SMILES string of the molecule is CCS(=O)(=O)N1CCC(c2c[nH]c3c(C(N)=O)cc(-c4cccc(CNC(=O)c5ccc(F)cc5)c4)cc23)CC1.O=C(O)C(F)(F)F. The third kappa shape index (κ3) is 8.54. The first kappa shape index (κ1) is 35.1. The lowest BCUT2D eigenvalue weighted by molar-refractivity contribution is -0.192. The summed E-state index contributed by atoms with van der Waals surface area (Å²) >= 11 is 0. The number of piperidine rings is 1. The number of sulfonamides is 1. The number of carboxylic acids is 1. The van der Waals surface area contributed by atoms with Crippen LogP contribution in [0.4, 0.5) is 17.6 Å². The molecule has 15 heteroatoms. The molecule has 0 atom stereocenters. The van der Waals surface area contributed by atoms with Crippen molar-refractivity contribution in [2.75, 3.05) is 18.8 Å². The average Bonchev–Trinajstić information content (AvgIpc) is 3.47. The van der Waals surface area contributed by atoms with Crippen molar-refractivity contribution in [1.82, 2.24) is 14.6 Å². The van der Waals surface area contributed by atoms with E-state index in [1.807, 2.05) is 36.5 Å². The minimum atomic E-state index is -5.08. The van der Waals surface area contributed by atoms with Crippen LogP contribution in [0.15, 0.2) is 66.9 Å². The van der Waals surface area contributed by atoms with Crippen molar-refractivity contribution < 1.29 is 45.5 Å². The zero-order chi connectivity index (χ0) is 34.5. The van der Waals surface area contributed by atoms with Gasteiger partial charge >= 0.3 is 12.1 Å². The van der Waals surface area contributed by atoms with E-state index in [9.17, 15) is 35.6 Å². The summed E-state index contributed by atoms with van der Waals surface area (Å²) in [5, 5.41) is 10.9. The van der Waals surface area contributed by atoms with E-state index in [2.05, 4.69) is 10.3 Å². The summed E-state index contributed by atoms with van der Waals surface area (Å²) in [7, 11) is -3.23. The lowest BCUT2D eigenvalue weighted by atomic mass is 9.88. The van der Waals surface area contributed by atoms with Crippen molar-refractivity contribution in [3.8, 4) is 11.1 Å². The number of amides is 2. The number of aromatic nitrogens is 1. The molecule has 0 spiro atoms. The minimum Gasteiger partial charge on any atom is -0.475 e. The molecule has 10 nitrogen and oxygen atoms in total. The summed E-state index contributed by atoms with van der Waals surface area (Å²) < 4.78 is 71.1. The fourth-order valence-corrected chi connectivity index (χ4v) is 6.46. The fourth-order valence-electron chi connectivity index (χ4n) is 5.33. The number of nitrogens with two attached hydrogens (primary N) is 1. The first-order valence-electron chi connectivity index (χ1n) is 14.5. The highest BCUT2D eigenvalue weighted by Gasteiger charge is 2.38. The maximum absolute atomic E-state index is 13.2. The molecule has 1 fully saturated rings. The van der Waals surface area contributed by atoms with E-state index in [-0.39, 0.29) is 24.1 Å². The first-order valence-corrected chi connectivity index (χ1v) is 16.1. The van der Waals surface area contributed by atoms with Gasteiger partial charge in [-0.25, -0.2) is 21.9 Å². The highest BCUT2D eigenvalue weighted by molar-refractivity contribution is 7.89. The smallest absolute Gasteiger partial charge is 0.475 e. The highest BCUT2D eigenvalue weighted by atomic mass is 32.2. The van der Waals surface area contributed by atoms with Crippen molar-refractivity contribution >= 4 is 38.7 Å². The van der Waals surface area contributed by atoms with Gasteiger partial charge in [0.25, 0.3) is 11.8 Å². The zero-order valence-corrected chi connectivity index (χ0v) is 25.9. The monoisotopic (exact) mass is 676 g/mol. The number of rotatable bonds is 8. The van der Waals surface area contributed by atoms with Crippen LogP contribution in [0.3, 0.4) is 0 Å². The van der Waals surface area contributed by atoms with E-state index in [1.54, 1.807) is 17.3 Å². The van der Waals surface area contributed by atoms with Crippen molar-refractivity contribution in [2.24, 2.45) is 5.73 Å². The molecule has 0 unspecified atom stereocenters. The Labute approximate surface area is 267 Å². The third-order valence-corrected chi connectivity index (χ3v) is 9.68. The molecule has 0 saturated carbocycles. The molecule has 250 valence electrons. The van der Waals surface area contributed by atoms with E-state index in [0.717, 1.165) is 27.6 Å². The van der Waals surface area contributed by atoms with Crippen LogP contribution in [-0.4, -0.2) is 65.6 Å². The second-order valence-corrected chi connectivity index (χ2v) is 13.1. The molecule has 2 amide bonds. The number of fused-ring (bicyclic) bond motifs is 1. The summed E-state index contributed by atoms with van der Waals surface area (Å²) in [6, 6.07) is 16.8. The predicted octanol–water partition coefficient (Wildman–Crippen LogP) is 5.17. The third-order valence-electron chi connectivity index (χ3n) is 7.80. The van der Waals surface area contributed by atoms with Gasteiger partial charge in [-0.15, -0.1) is 0 Å². The van der Waals surface area contributed by atoms with E-state index in [0.29, 0.717) is 42.6 Å². The van der Waals surface area contributed by atoms with Crippen LogP contribution in [0.1, 0.15) is 57.5 Å². The van der Waals surface area contributed by atoms with Gasteiger partial charge in [0.1, 0.15) is 5.82 Å². The number of halogens is 4. The topological polar surface area (TPSA) is 163 Å². The zero-order valence-electron chi connectivity index (χ0n) is 25.1. The van der Waals surface area contributed by atoms with Crippen LogP contribution in [0.5, 0.6) is 0 Å². The van der Waals surface area contributed by atoms with Gasteiger partial charge in [0.15, 0.2) is 0 Å². The molecule has 47 heavy (non-hydrogen) atoms. The Hall–Kier alpha value is -4.76. The Kier molecular flexibility index (Phi) is 10.7. The van der Waals surface area contributed by atoms with Gasteiger partial charge < -0.3 is 21.1 Å². The van der Waals surface area contributed by atoms with E-state index in [1.165, 1.54) is 24.3 Å². The van der Waals surface area contributed by atoms with Gasteiger partial charge in [-0.05, 0) is 90.4 Å². The van der Waals surface area contributed by atoms with Crippen LogP contribution >= 0.6 is 0 Å². The number of primary amides is 1. The molecule has 5 rings (SSSR count). The summed E-state index contributed by atoms with van der Waals surface area (Å²) in [6.45, 7) is 2.84. The van der Waals surface area contributed by atoms with Crippen LogP contribution < -0.4 is 11.1 Å².